The van der Waals surface area contributed by atoms with E-state index < -0.39 is 24.0 Å². The van der Waals surface area contributed by atoms with Gasteiger partial charge in [0.25, 0.3) is 0 Å². The molecule has 0 aliphatic carbocycles. The summed E-state index contributed by atoms with van der Waals surface area (Å²) >= 11 is 0. The van der Waals surface area contributed by atoms with Gasteiger partial charge in [-0.1, -0.05) is 56.7 Å². The SMILES string of the molecule is CC[C@H](C)[C@H](NC(=O)CC1Cc2ccccc2O1)C(=O)N[C@H]1CCc2cccc3c2N(C1=O)[C@H](C(=O)NCc1cn[nH]n1)C3. The molecule has 3 aromatic rings. The van der Waals surface area contributed by atoms with Gasteiger partial charge in [-0.3, -0.25) is 24.1 Å². The number of benzene rings is 2. The summed E-state index contributed by atoms with van der Waals surface area (Å²) in [4.78, 5) is 55.8. The van der Waals surface area contributed by atoms with Crippen LogP contribution in [0.3, 0.4) is 0 Å². The van der Waals surface area contributed by atoms with Gasteiger partial charge >= 0.3 is 0 Å². The molecule has 1 aromatic heterocycles. The monoisotopic (exact) mass is 599 g/mol. The Kier molecular flexibility index (Phi) is 8.32. The summed E-state index contributed by atoms with van der Waals surface area (Å²) in [5, 5.41) is 19.0. The molecule has 0 radical (unpaired) electrons. The van der Waals surface area contributed by atoms with Crippen LogP contribution < -0.4 is 25.6 Å². The molecule has 0 spiro atoms. The van der Waals surface area contributed by atoms with E-state index in [4.69, 9.17) is 4.74 Å². The Hall–Kier alpha value is -4.74. The molecule has 1 unspecified atom stereocenters. The molecular weight excluding hydrogens is 562 g/mol. The number of H-pyrrole nitrogens is 1. The van der Waals surface area contributed by atoms with E-state index in [9.17, 15) is 19.2 Å². The molecule has 4 amide bonds. The van der Waals surface area contributed by atoms with Gasteiger partial charge in [-0.2, -0.15) is 15.4 Å². The highest BCUT2D eigenvalue weighted by atomic mass is 16.5. The largest absolute Gasteiger partial charge is 0.489 e. The zero-order valence-corrected chi connectivity index (χ0v) is 24.8. The van der Waals surface area contributed by atoms with Crippen molar-refractivity contribution >= 4 is 29.3 Å². The number of carbonyl (C=O) groups excluding carboxylic acids is 4. The highest BCUT2D eigenvalue weighted by Gasteiger charge is 2.44. The number of hydrogen-bond donors (Lipinski definition) is 4. The molecule has 0 fully saturated rings. The van der Waals surface area contributed by atoms with Gasteiger partial charge in [-0.25, -0.2) is 0 Å². The number of aryl methyl sites for hydroxylation is 1. The third kappa shape index (κ3) is 5.88. The van der Waals surface area contributed by atoms with Crippen LogP contribution in [0.25, 0.3) is 0 Å². The van der Waals surface area contributed by atoms with Gasteiger partial charge in [0.05, 0.1) is 24.8 Å². The first-order chi connectivity index (χ1) is 21.3. The van der Waals surface area contributed by atoms with E-state index in [2.05, 4.69) is 31.4 Å². The second-order valence-electron chi connectivity index (χ2n) is 11.8. The fourth-order valence-electron chi connectivity index (χ4n) is 6.35. The predicted octanol–water partition coefficient (Wildman–Crippen LogP) is 1.73. The molecular formula is C32H37N7O5. The van der Waals surface area contributed by atoms with Crippen LogP contribution in [0.1, 0.15) is 55.5 Å². The molecule has 6 rings (SSSR count). The van der Waals surface area contributed by atoms with Crippen LogP contribution in [0.4, 0.5) is 5.69 Å². The van der Waals surface area contributed by atoms with E-state index in [1.807, 2.05) is 56.3 Å². The number of aromatic amines is 1. The summed E-state index contributed by atoms with van der Waals surface area (Å²) in [5.41, 5.74) is 4.27. The van der Waals surface area contributed by atoms with Crippen LogP contribution in [0, 0.1) is 5.92 Å². The number of amides is 4. The van der Waals surface area contributed by atoms with E-state index in [0.717, 1.165) is 28.1 Å². The molecule has 44 heavy (non-hydrogen) atoms. The molecule has 5 atom stereocenters. The van der Waals surface area contributed by atoms with E-state index >= 15 is 0 Å². The lowest BCUT2D eigenvalue weighted by Crippen LogP contribution is -2.58. The number of aromatic nitrogens is 3. The fraction of sp³-hybridized carbons (Fsp3) is 0.438. The zero-order chi connectivity index (χ0) is 30.8. The number of nitrogens with zero attached hydrogens (tertiary/aromatic N) is 3. The second kappa shape index (κ2) is 12.5. The van der Waals surface area contributed by atoms with Crippen molar-refractivity contribution in [3.8, 4) is 5.75 Å². The van der Waals surface area contributed by atoms with Crippen molar-refractivity contribution in [1.29, 1.82) is 0 Å². The highest BCUT2D eigenvalue weighted by molar-refractivity contribution is 6.08. The van der Waals surface area contributed by atoms with E-state index in [1.165, 1.54) is 6.20 Å². The Labute approximate surface area is 255 Å². The first kappa shape index (κ1) is 29.3. The van der Waals surface area contributed by atoms with Gasteiger partial charge in [0.2, 0.25) is 23.6 Å². The number of para-hydroxylation sites is 2. The highest BCUT2D eigenvalue weighted by Crippen LogP contribution is 2.39. The number of nitrogens with one attached hydrogen (secondary N) is 4. The summed E-state index contributed by atoms with van der Waals surface area (Å²) in [7, 11) is 0. The van der Waals surface area contributed by atoms with Crippen molar-refractivity contribution in [2.75, 3.05) is 4.90 Å². The summed E-state index contributed by atoms with van der Waals surface area (Å²) < 4.78 is 5.93. The van der Waals surface area contributed by atoms with Gasteiger partial charge in [-0.15, -0.1) is 0 Å². The van der Waals surface area contributed by atoms with Gasteiger partial charge in [-0.05, 0) is 41.5 Å². The first-order valence-electron chi connectivity index (χ1n) is 15.2. The van der Waals surface area contributed by atoms with Gasteiger partial charge in [0.15, 0.2) is 0 Å². The van der Waals surface area contributed by atoms with Crippen molar-refractivity contribution in [3.63, 3.8) is 0 Å². The molecule has 4 heterocycles. The Morgan fingerprint density at radius 1 is 1.09 bits per heavy atom. The molecule has 3 aliphatic heterocycles. The number of rotatable bonds is 10. The lowest BCUT2D eigenvalue weighted by atomic mass is 9.96. The molecule has 230 valence electrons. The van der Waals surface area contributed by atoms with Crippen LogP contribution in [-0.4, -0.2) is 63.3 Å². The summed E-state index contributed by atoms with van der Waals surface area (Å²) in [5.74, 6) is -0.738. The molecule has 0 saturated heterocycles. The summed E-state index contributed by atoms with van der Waals surface area (Å²) in [6.07, 6.45) is 3.93. The number of anilines is 1. The number of fused-ring (bicyclic) bond motifs is 1. The lowest BCUT2D eigenvalue weighted by Gasteiger charge is -2.30. The van der Waals surface area contributed by atoms with Crippen LogP contribution in [-0.2, 0) is 45.0 Å². The quantitative estimate of drug-likeness (QED) is 0.276. The second-order valence-corrected chi connectivity index (χ2v) is 11.8. The van der Waals surface area contributed by atoms with Crippen LogP contribution >= 0.6 is 0 Å². The van der Waals surface area contributed by atoms with Crippen molar-refractivity contribution in [1.82, 2.24) is 31.4 Å². The Bertz CT molecular complexity index is 1530. The molecule has 0 bridgehead atoms. The van der Waals surface area contributed by atoms with Crippen LogP contribution in [0.15, 0.2) is 48.7 Å². The molecule has 12 heteroatoms. The zero-order valence-electron chi connectivity index (χ0n) is 24.8. The standard InChI is InChI=1S/C32H37N7O5/c1-3-18(2)28(36-27(40)15-23-13-20-7-4-5-10-26(20)44-23)31(42)35-24-12-11-19-8-6-9-21-14-25(39(29(19)21)32(24)43)30(41)33-16-22-17-34-38-37-22/h4-10,17-18,23-25,28H,3,11-16H2,1-2H3,(H,33,41)(H,35,42)(H,36,40)(H,34,37,38)/t18-,23?,24-,25-,28-/m0/s1. The number of ether oxygens (including phenoxy) is 1. The molecule has 12 nitrogen and oxygen atoms in total. The summed E-state index contributed by atoms with van der Waals surface area (Å²) in [6, 6.07) is 11.1. The molecule has 0 saturated carbocycles. The third-order valence-electron chi connectivity index (χ3n) is 8.87. The van der Waals surface area contributed by atoms with Crippen molar-refractivity contribution in [2.45, 2.75) is 83.1 Å². The minimum absolute atomic E-state index is 0.119. The van der Waals surface area contributed by atoms with E-state index in [-0.39, 0.29) is 42.7 Å². The molecule has 4 N–H and O–H groups in total. The van der Waals surface area contributed by atoms with E-state index in [0.29, 0.717) is 37.8 Å². The van der Waals surface area contributed by atoms with Gasteiger partial charge < -0.3 is 20.7 Å². The molecule has 2 aromatic carbocycles. The molecule has 3 aliphatic rings. The van der Waals surface area contributed by atoms with Crippen LogP contribution in [0.5, 0.6) is 5.75 Å². The smallest absolute Gasteiger partial charge is 0.250 e. The van der Waals surface area contributed by atoms with E-state index in [1.54, 1.807) is 4.90 Å². The predicted molar refractivity (Wildman–Crippen MR) is 160 cm³/mol. The number of carbonyl (C=O) groups is 4. The topological polar surface area (TPSA) is 158 Å². The number of hydrogen-bond acceptors (Lipinski definition) is 7. The van der Waals surface area contributed by atoms with Crippen molar-refractivity contribution in [3.05, 3.63) is 71.0 Å². The fourth-order valence-corrected chi connectivity index (χ4v) is 6.35. The van der Waals surface area contributed by atoms with Gasteiger partial charge in [0, 0.05) is 12.8 Å². The van der Waals surface area contributed by atoms with Gasteiger partial charge in [0.1, 0.15) is 35.7 Å². The minimum atomic E-state index is -0.859. The lowest BCUT2D eigenvalue weighted by molar-refractivity contribution is -0.133. The average Bonchev–Trinajstić information content (AvgIpc) is 3.76. The Balaban J connectivity index is 1.14. The summed E-state index contributed by atoms with van der Waals surface area (Å²) in [6.45, 7) is 4.03. The third-order valence-corrected chi connectivity index (χ3v) is 8.87. The van der Waals surface area contributed by atoms with Crippen molar-refractivity contribution < 1.29 is 23.9 Å². The Morgan fingerprint density at radius 2 is 1.89 bits per heavy atom. The van der Waals surface area contributed by atoms with Crippen molar-refractivity contribution in [2.24, 2.45) is 5.92 Å². The first-order valence-corrected chi connectivity index (χ1v) is 15.2. The maximum absolute atomic E-state index is 14.1. The maximum Gasteiger partial charge on any atom is 0.250 e. The van der Waals surface area contributed by atoms with Crippen LogP contribution in [0.2, 0.25) is 0 Å². The maximum atomic E-state index is 14.1. The average molecular weight is 600 g/mol. The normalized spacial score (nSPS) is 21.4. The minimum Gasteiger partial charge on any atom is -0.489 e. The Morgan fingerprint density at radius 3 is 2.66 bits per heavy atom.